The fraction of sp³-hybridized carbons (Fsp3) is 0.333. The van der Waals surface area contributed by atoms with E-state index in [9.17, 15) is 0 Å². The summed E-state index contributed by atoms with van der Waals surface area (Å²) in [5.41, 5.74) is 7.51. The van der Waals surface area contributed by atoms with Crippen molar-refractivity contribution in [3.8, 4) is 11.5 Å². The number of aryl methyl sites for hydroxylation is 6. The van der Waals surface area contributed by atoms with Crippen molar-refractivity contribution in [3.63, 3.8) is 0 Å². The Morgan fingerprint density at radius 2 is 0.723 bits per heavy atom. The maximum atomic E-state index is 7.41. The molecule has 0 amide bonds. The highest BCUT2D eigenvalue weighted by Crippen LogP contribution is 2.47. The Morgan fingerprint density at radius 3 is 1.06 bits per heavy atom. The van der Waals surface area contributed by atoms with Crippen LogP contribution >= 0.6 is 46.4 Å². The van der Waals surface area contributed by atoms with Crippen LogP contribution in [0.15, 0.2) is 72.8 Å². The van der Waals surface area contributed by atoms with Crippen molar-refractivity contribution in [2.45, 2.75) is 65.2 Å². The van der Waals surface area contributed by atoms with Gasteiger partial charge in [-0.15, -0.1) is 46.4 Å². The van der Waals surface area contributed by atoms with E-state index < -0.39 is 0 Å². The third kappa shape index (κ3) is 6.67. The smallest absolute Gasteiger partial charge is 0.138 e. The molecule has 47 heavy (non-hydrogen) atoms. The van der Waals surface area contributed by atoms with Gasteiger partial charge in [-0.2, -0.15) is 0 Å². The third-order valence-electron chi connectivity index (χ3n) is 9.56. The average Bonchev–Trinajstić information content (AvgIpc) is 3.09. The molecule has 0 N–H and O–H groups in total. The van der Waals surface area contributed by atoms with Gasteiger partial charge in [0.15, 0.2) is 0 Å². The van der Waals surface area contributed by atoms with Crippen LogP contribution < -0.4 is 4.74 Å². The molecule has 5 heteroatoms. The lowest BCUT2D eigenvalue weighted by atomic mass is 9.86. The van der Waals surface area contributed by atoms with Gasteiger partial charge in [0.2, 0.25) is 0 Å². The number of halogens is 4. The summed E-state index contributed by atoms with van der Waals surface area (Å²) in [7, 11) is 0. The van der Waals surface area contributed by atoms with Crippen LogP contribution in [-0.2, 0) is 25.7 Å². The average molecular weight is 705 g/mol. The molecule has 0 atom stereocenters. The molecular weight excluding hydrogens is 662 g/mol. The molecule has 1 nitrogen and oxygen atoms in total. The van der Waals surface area contributed by atoms with E-state index in [-0.39, 0.29) is 0 Å². The molecule has 0 unspecified atom stereocenters. The van der Waals surface area contributed by atoms with Gasteiger partial charge in [-0.3, -0.25) is 0 Å². The minimum Gasteiger partial charge on any atom is -0.455 e. The van der Waals surface area contributed by atoms with Gasteiger partial charge in [-0.25, -0.2) is 0 Å². The van der Waals surface area contributed by atoms with Gasteiger partial charge in [0, 0.05) is 34.3 Å². The van der Waals surface area contributed by atoms with Crippen molar-refractivity contribution in [1.82, 2.24) is 0 Å². The number of fused-ring (bicyclic) bond motifs is 4. The maximum absolute atomic E-state index is 7.41. The SMILES string of the molecule is Cc1ccc2c(CCCCl)c3ccccc3c(CCCCl)c2c1Oc1c(C)ccc2c(CCCCl)c3ccccc3c(CCCCl)c12. The summed E-state index contributed by atoms with van der Waals surface area (Å²) in [6.07, 6.45) is 7.17. The Morgan fingerprint density at radius 1 is 0.404 bits per heavy atom. The van der Waals surface area contributed by atoms with Crippen molar-refractivity contribution in [3.05, 3.63) is 106 Å². The lowest BCUT2D eigenvalue weighted by molar-refractivity contribution is 0.486. The van der Waals surface area contributed by atoms with Crippen LogP contribution in [0, 0.1) is 13.8 Å². The molecule has 0 bridgehead atoms. The van der Waals surface area contributed by atoms with Gasteiger partial charge in [0.25, 0.3) is 0 Å². The van der Waals surface area contributed by atoms with E-state index in [0.29, 0.717) is 23.5 Å². The lowest BCUT2D eigenvalue weighted by Crippen LogP contribution is -2.03. The highest BCUT2D eigenvalue weighted by atomic mass is 35.5. The van der Waals surface area contributed by atoms with E-state index in [2.05, 4.69) is 86.6 Å². The summed E-state index contributed by atoms with van der Waals surface area (Å²) in [6, 6.07) is 26.6. The third-order valence-corrected chi connectivity index (χ3v) is 10.6. The summed E-state index contributed by atoms with van der Waals surface area (Å²) in [5, 5.41) is 10.0. The zero-order chi connectivity index (χ0) is 32.9. The highest BCUT2D eigenvalue weighted by Gasteiger charge is 2.23. The maximum Gasteiger partial charge on any atom is 0.138 e. The number of rotatable bonds is 14. The largest absolute Gasteiger partial charge is 0.455 e. The highest BCUT2D eigenvalue weighted by molar-refractivity contribution is 6.19. The van der Waals surface area contributed by atoms with Crippen molar-refractivity contribution in [2.24, 2.45) is 0 Å². The number of alkyl halides is 4. The Bertz CT molecular complexity index is 1900. The molecule has 0 fully saturated rings. The standard InChI is InChI=1S/C42H42Cl4O/c1-27-19-21-37-33(15-7-23-43)29-11-3-5-13-31(29)35(17-9-25-45)39(37)41(27)47-42-28(2)20-22-38-34(16-8-24-44)30-12-4-6-14-32(30)36(40(38)42)18-10-26-46/h3-6,11-14,19-22H,7-10,15-18,23-26H2,1-2H3. The molecule has 0 spiro atoms. The number of ether oxygens (including phenoxy) is 1. The summed E-state index contributed by atoms with van der Waals surface area (Å²) < 4.78 is 7.41. The molecule has 0 aliphatic carbocycles. The second-order valence-corrected chi connectivity index (χ2v) is 14.1. The van der Waals surface area contributed by atoms with Crippen molar-refractivity contribution >= 4 is 89.5 Å². The van der Waals surface area contributed by atoms with Crippen molar-refractivity contribution in [1.29, 1.82) is 0 Å². The summed E-state index contributed by atoms with van der Waals surface area (Å²) in [4.78, 5) is 0. The Kier molecular flexibility index (Phi) is 11.4. The predicted molar refractivity (Wildman–Crippen MR) is 209 cm³/mol. The van der Waals surface area contributed by atoms with E-state index in [1.807, 2.05) is 0 Å². The Hall–Kier alpha value is -2.68. The van der Waals surface area contributed by atoms with Crippen LogP contribution in [0.3, 0.4) is 0 Å². The molecule has 0 radical (unpaired) electrons. The molecule has 6 rings (SSSR count). The first-order valence-corrected chi connectivity index (χ1v) is 19.0. The van der Waals surface area contributed by atoms with Crippen molar-refractivity contribution in [2.75, 3.05) is 23.5 Å². The number of benzene rings is 6. The zero-order valence-corrected chi connectivity index (χ0v) is 30.4. The zero-order valence-electron chi connectivity index (χ0n) is 27.3. The summed E-state index contributed by atoms with van der Waals surface area (Å²) in [5.74, 6) is 4.32. The van der Waals surface area contributed by atoms with Gasteiger partial charge in [-0.05, 0) is 131 Å². The molecule has 0 aliphatic rings. The van der Waals surface area contributed by atoms with Crippen LogP contribution in [-0.4, -0.2) is 23.5 Å². The van der Waals surface area contributed by atoms with Crippen LogP contribution in [0.2, 0.25) is 0 Å². The van der Waals surface area contributed by atoms with E-state index in [0.717, 1.165) is 74.0 Å². The van der Waals surface area contributed by atoms with E-state index >= 15 is 0 Å². The van der Waals surface area contributed by atoms with E-state index in [1.165, 1.54) is 65.3 Å². The number of hydrogen-bond acceptors (Lipinski definition) is 1. The lowest BCUT2D eigenvalue weighted by Gasteiger charge is -2.24. The Labute approximate surface area is 299 Å². The van der Waals surface area contributed by atoms with Gasteiger partial charge < -0.3 is 4.74 Å². The van der Waals surface area contributed by atoms with Crippen LogP contribution in [0.5, 0.6) is 11.5 Å². The fourth-order valence-electron chi connectivity index (χ4n) is 7.45. The predicted octanol–water partition coefficient (Wildman–Crippen LogP) is 13.4. The quantitative estimate of drug-likeness (QED) is 0.0810. The minimum absolute atomic E-state index is 0.607. The van der Waals surface area contributed by atoms with Gasteiger partial charge in [0.1, 0.15) is 11.5 Å². The molecule has 0 aliphatic heterocycles. The second kappa shape index (κ2) is 15.7. The first-order chi connectivity index (χ1) is 23.0. The van der Waals surface area contributed by atoms with Gasteiger partial charge in [0.05, 0.1) is 0 Å². The van der Waals surface area contributed by atoms with Crippen LogP contribution in [0.4, 0.5) is 0 Å². The number of hydrogen-bond donors (Lipinski definition) is 0. The van der Waals surface area contributed by atoms with Crippen LogP contribution in [0.25, 0.3) is 43.1 Å². The first-order valence-electron chi connectivity index (χ1n) is 16.9. The topological polar surface area (TPSA) is 9.23 Å². The monoisotopic (exact) mass is 702 g/mol. The summed E-state index contributed by atoms with van der Waals surface area (Å²) in [6.45, 7) is 4.34. The molecule has 0 heterocycles. The van der Waals surface area contributed by atoms with Gasteiger partial charge in [-0.1, -0.05) is 72.8 Å². The van der Waals surface area contributed by atoms with Gasteiger partial charge >= 0.3 is 0 Å². The molecule has 0 saturated carbocycles. The molecule has 0 aromatic heterocycles. The van der Waals surface area contributed by atoms with Crippen LogP contribution in [0.1, 0.15) is 59.1 Å². The van der Waals surface area contributed by atoms with E-state index in [1.54, 1.807) is 0 Å². The molecule has 6 aromatic carbocycles. The van der Waals surface area contributed by atoms with E-state index in [4.69, 9.17) is 51.1 Å². The molecule has 6 aromatic rings. The summed E-state index contributed by atoms with van der Waals surface area (Å²) >= 11 is 25.2. The molecule has 0 saturated heterocycles. The normalized spacial score (nSPS) is 11.8. The fourth-order valence-corrected chi connectivity index (χ4v) is 7.99. The molecule has 244 valence electrons. The first kappa shape index (κ1) is 34.2. The molecular formula is C42H42Cl4O. The van der Waals surface area contributed by atoms with Crippen molar-refractivity contribution < 1.29 is 4.74 Å². The minimum atomic E-state index is 0.607. The Balaban J connectivity index is 1.70. The second-order valence-electron chi connectivity index (χ2n) is 12.5.